The molecule has 1 aromatic carbocycles. The first kappa shape index (κ1) is 25.2. The molecule has 2 heterocycles. The fraction of sp³-hybridized carbons (Fsp3) is 0.292. The third kappa shape index (κ3) is 6.56. The molecule has 0 aliphatic heterocycles. The van der Waals surface area contributed by atoms with Crippen molar-refractivity contribution < 1.29 is 24.6 Å². The molecule has 0 aliphatic rings. The molecule has 3 aromatic rings. The van der Waals surface area contributed by atoms with Crippen LogP contribution in [-0.2, 0) is 22.4 Å². The van der Waals surface area contributed by atoms with Gasteiger partial charge in [0.05, 0.1) is 5.39 Å². The van der Waals surface area contributed by atoms with Crippen LogP contribution in [0.4, 0.5) is 11.8 Å². The van der Waals surface area contributed by atoms with E-state index in [1.807, 2.05) is 24.4 Å². The van der Waals surface area contributed by atoms with Crippen molar-refractivity contribution in [3.05, 3.63) is 59.8 Å². The summed E-state index contributed by atoms with van der Waals surface area (Å²) in [4.78, 5) is 45.8. The number of hydrogen-bond acceptors (Lipinski definition) is 7. The molecule has 1 amide bonds. The average molecular weight is 481 g/mol. The monoisotopic (exact) mass is 480 g/mol. The molecule has 2 atom stereocenters. The molecule has 0 radical (unpaired) electrons. The number of nitrogens with two attached hydrogens (primary N) is 2. The summed E-state index contributed by atoms with van der Waals surface area (Å²) in [5.41, 5.74) is 14.6. The van der Waals surface area contributed by atoms with Crippen molar-refractivity contribution in [2.75, 3.05) is 11.5 Å². The van der Waals surface area contributed by atoms with Crippen LogP contribution in [0, 0.1) is 5.92 Å². The molecule has 8 N–H and O–H groups in total. The molecule has 0 fully saturated rings. The highest BCUT2D eigenvalue weighted by Gasteiger charge is 2.22. The van der Waals surface area contributed by atoms with Crippen LogP contribution in [0.25, 0.3) is 11.0 Å². The topological polar surface area (TPSA) is 197 Å². The van der Waals surface area contributed by atoms with Gasteiger partial charge >= 0.3 is 11.9 Å². The van der Waals surface area contributed by atoms with Gasteiger partial charge in [0.2, 0.25) is 5.95 Å². The third-order valence-electron chi connectivity index (χ3n) is 5.66. The fourth-order valence-corrected chi connectivity index (χ4v) is 3.98. The lowest BCUT2D eigenvalue weighted by Crippen LogP contribution is -2.41. The van der Waals surface area contributed by atoms with Crippen LogP contribution < -0.4 is 16.8 Å². The quantitative estimate of drug-likeness (QED) is 0.210. The van der Waals surface area contributed by atoms with E-state index in [0.29, 0.717) is 24.3 Å². The van der Waals surface area contributed by atoms with E-state index in [2.05, 4.69) is 26.8 Å². The number of aliphatic carboxylic acids is 2. The van der Waals surface area contributed by atoms with Crippen molar-refractivity contribution in [1.82, 2.24) is 20.3 Å². The standard InChI is InChI=1S/C24H28N6O5/c1-2-3-14(11-16-12-27-21-19(16)20(25)29-24(26)30-21)10-13-4-6-15(7-5-13)22(33)28-17(23(34)35)8-9-18(31)32/h2,4-7,12,14,17H,1,3,8-11H2,(H,28,33)(H,31,32)(H,34,35)(H5,25,26,27,29,30)/t14?,17-/m0/s1. The molecule has 0 saturated carbocycles. The van der Waals surface area contributed by atoms with Crippen LogP contribution in [0.2, 0.25) is 0 Å². The fourth-order valence-electron chi connectivity index (χ4n) is 3.98. The highest BCUT2D eigenvalue weighted by atomic mass is 16.4. The van der Waals surface area contributed by atoms with E-state index >= 15 is 0 Å². The number of rotatable bonds is 12. The Balaban J connectivity index is 1.69. The van der Waals surface area contributed by atoms with E-state index in [1.54, 1.807) is 12.1 Å². The Morgan fingerprint density at radius 2 is 1.83 bits per heavy atom. The van der Waals surface area contributed by atoms with Crippen molar-refractivity contribution in [2.24, 2.45) is 5.92 Å². The smallest absolute Gasteiger partial charge is 0.326 e. The number of carbonyl (C=O) groups is 3. The van der Waals surface area contributed by atoms with Gasteiger partial charge in [0.15, 0.2) is 0 Å². The van der Waals surface area contributed by atoms with Crippen LogP contribution in [0.5, 0.6) is 0 Å². The summed E-state index contributed by atoms with van der Waals surface area (Å²) in [6.07, 6.45) is 5.28. The Labute approximate surface area is 201 Å². The lowest BCUT2D eigenvalue weighted by Gasteiger charge is -2.16. The van der Waals surface area contributed by atoms with Crippen LogP contribution in [-0.4, -0.2) is 49.1 Å². The number of amides is 1. The van der Waals surface area contributed by atoms with E-state index in [-0.39, 0.29) is 30.3 Å². The molecule has 11 nitrogen and oxygen atoms in total. The van der Waals surface area contributed by atoms with E-state index < -0.39 is 23.9 Å². The van der Waals surface area contributed by atoms with Crippen LogP contribution in [0.3, 0.4) is 0 Å². The molecule has 0 spiro atoms. The number of H-pyrrole nitrogens is 1. The highest BCUT2D eigenvalue weighted by molar-refractivity contribution is 5.96. The molecular formula is C24H28N6O5. The number of benzene rings is 1. The van der Waals surface area contributed by atoms with Gasteiger partial charge in [-0.3, -0.25) is 9.59 Å². The number of aromatic nitrogens is 3. The minimum absolute atomic E-state index is 0.103. The predicted molar refractivity (Wildman–Crippen MR) is 131 cm³/mol. The SMILES string of the molecule is C=CCC(Cc1ccc(C(=O)N[C@@H](CCC(=O)O)C(=O)O)cc1)Cc1c[nH]c2nc(N)nc(N)c12. The Morgan fingerprint density at radius 1 is 1.11 bits per heavy atom. The normalized spacial score (nSPS) is 12.7. The maximum absolute atomic E-state index is 12.5. The molecule has 1 unspecified atom stereocenters. The number of nitrogens with one attached hydrogen (secondary N) is 2. The Kier molecular flexibility index (Phi) is 8.03. The number of nitrogen functional groups attached to an aromatic ring is 2. The molecule has 0 bridgehead atoms. The van der Waals surface area contributed by atoms with Crippen LogP contribution in [0.1, 0.15) is 40.7 Å². The average Bonchev–Trinajstić information content (AvgIpc) is 3.19. The molecule has 3 rings (SSSR count). The Hall–Kier alpha value is -4.41. The second kappa shape index (κ2) is 11.1. The van der Waals surface area contributed by atoms with Gasteiger partial charge in [0, 0.05) is 18.2 Å². The maximum atomic E-state index is 12.5. The first-order chi connectivity index (χ1) is 16.7. The van der Waals surface area contributed by atoms with Gasteiger partial charge in [-0.15, -0.1) is 6.58 Å². The van der Waals surface area contributed by atoms with Crippen molar-refractivity contribution in [3.63, 3.8) is 0 Å². The van der Waals surface area contributed by atoms with Crippen molar-refractivity contribution >= 4 is 40.6 Å². The van der Waals surface area contributed by atoms with Gasteiger partial charge in [0.1, 0.15) is 17.5 Å². The minimum atomic E-state index is -1.28. The number of carbonyl (C=O) groups excluding carboxylic acids is 1. The van der Waals surface area contributed by atoms with Gasteiger partial charge in [-0.2, -0.15) is 9.97 Å². The van der Waals surface area contributed by atoms with Crippen molar-refractivity contribution in [1.29, 1.82) is 0 Å². The zero-order chi connectivity index (χ0) is 25.5. The van der Waals surface area contributed by atoms with Gasteiger partial charge < -0.3 is 32.0 Å². The molecule has 35 heavy (non-hydrogen) atoms. The summed E-state index contributed by atoms with van der Waals surface area (Å²) in [5, 5.41) is 21.1. The molecular weight excluding hydrogens is 452 g/mol. The number of hydrogen-bond donors (Lipinski definition) is 6. The summed E-state index contributed by atoms with van der Waals surface area (Å²) in [7, 11) is 0. The lowest BCUT2D eigenvalue weighted by atomic mass is 9.89. The zero-order valence-corrected chi connectivity index (χ0v) is 19.0. The highest BCUT2D eigenvalue weighted by Crippen LogP contribution is 2.27. The van der Waals surface area contributed by atoms with Crippen LogP contribution >= 0.6 is 0 Å². The van der Waals surface area contributed by atoms with Gasteiger partial charge in [0.25, 0.3) is 5.91 Å². The summed E-state index contributed by atoms with van der Waals surface area (Å²) in [6, 6.07) is 5.58. The number of allylic oxidation sites excluding steroid dienone is 1. The second-order valence-corrected chi connectivity index (χ2v) is 8.30. The number of anilines is 2. The van der Waals surface area contributed by atoms with E-state index in [4.69, 9.17) is 16.6 Å². The van der Waals surface area contributed by atoms with Crippen molar-refractivity contribution in [3.8, 4) is 0 Å². The summed E-state index contributed by atoms with van der Waals surface area (Å²) >= 11 is 0. The number of aromatic amines is 1. The van der Waals surface area contributed by atoms with E-state index in [1.165, 1.54) is 0 Å². The predicted octanol–water partition coefficient (Wildman–Crippen LogP) is 2.15. The second-order valence-electron chi connectivity index (χ2n) is 8.30. The van der Waals surface area contributed by atoms with Gasteiger partial charge in [-0.1, -0.05) is 18.2 Å². The number of carboxylic acids is 2. The summed E-state index contributed by atoms with van der Waals surface area (Å²) in [5.74, 6) is -2.38. The third-order valence-corrected chi connectivity index (χ3v) is 5.66. The van der Waals surface area contributed by atoms with Gasteiger partial charge in [-0.05, 0) is 54.9 Å². The summed E-state index contributed by atoms with van der Waals surface area (Å²) in [6.45, 7) is 3.86. The first-order valence-electron chi connectivity index (χ1n) is 11.0. The van der Waals surface area contributed by atoms with Crippen molar-refractivity contribution in [2.45, 2.75) is 38.1 Å². The summed E-state index contributed by atoms with van der Waals surface area (Å²) < 4.78 is 0. The molecule has 11 heteroatoms. The Bertz CT molecular complexity index is 1240. The molecule has 2 aromatic heterocycles. The van der Waals surface area contributed by atoms with E-state index in [0.717, 1.165) is 22.9 Å². The molecule has 184 valence electrons. The first-order valence-corrected chi connectivity index (χ1v) is 11.0. The zero-order valence-electron chi connectivity index (χ0n) is 19.0. The maximum Gasteiger partial charge on any atom is 0.326 e. The molecule has 0 saturated heterocycles. The molecule has 0 aliphatic carbocycles. The van der Waals surface area contributed by atoms with Gasteiger partial charge in [-0.25, -0.2) is 4.79 Å². The number of carboxylic acid groups (broad SMARTS) is 2. The van der Waals surface area contributed by atoms with E-state index in [9.17, 15) is 19.5 Å². The Morgan fingerprint density at radius 3 is 2.46 bits per heavy atom. The largest absolute Gasteiger partial charge is 0.481 e. The minimum Gasteiger partial charge on any atom is -0.481 e. The lowest BCUT2D eigenvalue weighted by molar-refractivity contribution is -0.140. The number of fused-ring (bicyclic) bond motifs is 1. The number of nitrogens with zero attached hydrogens (tertiary/aromatic N) is 2. The van der Waals surface area contributed by atoms with Crippen LogP contribution in [0.15, 0.2) is 43.1 Å².